The van der Waals surface area contributed by atoms with E-state index in [-0.39, 0.29) is 12.4 Å². The van der Waals surface area contributed by atoms with Gasteiger partial charge in [-0.15, -0.1) is 0 Å². The van der Waals surface area contributed by atoms with E-state index in [2.05, 4.69) is 16.4 Å². The molecule has 0 aliphatic carbocycles. The molecule has 0 amide bonds. The average Bonchev–Trinajstić information content (AvgIpc) is 3.52. The number of pyridine rings is 1. The summed E-state index contributed by atoms with van der Waals surface area (Å²) in [6.45, 7) is 5.55. The second-order valence-corrected chi connectivity index (χ2v) is 8.78. The van der Waals surface area contributed by atoms with Gasteiger partial charge in [0.15, 0.2) is 16.6 Å². The maximum atomic E-state index is 13.0. The van der Waals surface area contributed by atoms with E-state index in [1.807, 2.05) is 61.2 Å². The van der Waals surface area contributed by atoms with Crippen molar-refractivity contribution in [1.29, 1.82) is 0 Å². The van der Waals surface area contributed by atoms with Crippen molar-refractivity contribution >= 4 is 28.2 Å². The zero-order valence-electron chi connectivity index (χ0n) is 19.0. The first kappa shape index (κ1) is 22.0. The quantitative estimate of drug-likeness (QED) is 0.396. The molecule has 0 saturated heterocycles. The zero-order chi connectivity index (χ0) is 23.7. The smallest absolute Gasteiger partial charge is 0.253 e. The van der Waals surface area contributed by atoms with Crippen molar-refractivity contribution in [3.05, 3.63) is 93.2 Å². The van der Waals surface area contributed by atoms with Crippen LogP contribution >= 0.6 is 12.2 Å². The summed E-state index contributed by atoms with van der Waals surface area (Å²) in [4.78, 5) is 18.0. The Hall–Kier alpha value is -3.78. The molecule has 7 nitrogen and oxygen atoms in total. The summed E-state index contributed by atoms with van der Waals surface area (Å²) in [5.74, 6) is 2.22. The molecular weight excluding hydrogens is 450 g/mol. The molecule has 34 heavy (non-hydrogen) atoms. The van der Waals surface area contributed by atoms with Gasteiger partial charge in [0.25, 0.3) is 5.56 Å². The van der Waals surface area contributed by atoms with Crippen molar-refractivity contribution in [2.24, 2.45) is 0 Å². The van der Waals surface area contributed by atoms with Crippen LogP contribution in [-0.2, 0) is 19.6 Å². The summed E-state index contributed by atoms with van der Waals surface area (Å²) in [7, 11) is 0. The van der Waals surface area contributed by atoms with Crippen molar-refractivity contribution in [1.82, 2.24) is 15.2 Å². The van der Waals surface area contributed by atoms with E-state index < -0.39 is 0 Å². The fraction of sp³-hybridized carbons (Fsp3) is 0.231. The predicted molar refractivity (Wildman–Crippen MR) is 134 cm³/mol. The highest BCUT2D eigenvalue weighted by molar-refractivity contribution is 7.80. The van der Waals surface area contributed by atoms with Gasteiger partial charge >= 0.3 is 0 Å². The number of ether oxygens (including phenoxy) is 2. The fourth-order valence-electron chi connectivity index (χ4n) is 4.09. The van der Waals surface area contributed by atoms with Crippen molar-refractivity contribution in [3.63, 3.8) is 0 Å². The number of H-pyrrole nitrogens is 1. The van der Waals surface area contributed by atoms with Crippen LogP contribution in [0.5, 0.6) is 11.5 Å². The topological polar surface area (TPSA) is 79.7 Å². The lowest BCUT2D eigenvalue weighted by atomic mass is 10.0. The summed E-state index contributed by atoms with van der Waals surface area (Å²) < 4.78 is 16.4. The predicted octanol–water partition coefficient (Wildman–Crippen LogP) is 4.54. The average molecular weight is 476 g/mol. The maximum absolute atomic E-state index is 13.0. The molecular formula is C26H25N3O4S. The Morgan fingerprint density at radius 2 is 1.88 bits per heavy atom. The standard InChI is InChI=1S/C26H25N3O4S/c1-16-5-6-17(2)24-21(16)11-19(25(30)28-24)14-29(26(34)27-12-20-4-3-9-31-20)13-18-7-8-22-23(10-18)33-15-32-22/h3-11H,12-15H2,1-2H3,(H,27,34)(H,28,30). The number of fused-ring (bicyclic) bond motifs is 2. The molecule has 8 heteroatoms. The Labute approximate surface area is 202 Å². The monoisotopic (exact) mass is 475 g/mol. The fourth-order valence-corrected chi connectivity index (χ4v) is 4.29. The number of aryl methyl sites for hydroxylation is 2. The highest BCUT2D eigenvalue weighted by Gasteiger charge is 2.18. The molecule has 4 aromatic rings. The highest BCUT2D eigenvalue weighted by atomic mass is 32.1. The van der Waals surface area contributed by atoms with Gasteiger partial charge in [-0.3, -0.25) is 4.79 Å². The summed E-state index contributed by atoms with van der Waals surface area (Å²) >= 11 is 5.74. The van der Waals surface area contributed by atoms with Gasteiger partial charge in [-0.1, -0.05) is 18.2 Å². The molecule has 2 N–H and O–H groups in total. The van der Waals surface area contributed by atoms with Crippen molar-refractivity contribution in [2.75, 3.05) is 6.79 Å². The molecule has 0 radical (unpaired) electrons. The molecule has 0 atom stereocenters. The van der Waals surface area contributed by atoms with Gasteiger partial charge in [0.2, 0.25) is 6.79 Å². The number of aromatic amines is 1. The largest absolute Gasteiger partial charge is 0.467 e. The van der Waals surface area contributed by atoms with Gasteiger partial charge in [0.05, 0.1) is 24.9 Å². The Morgan fingerprint density at radius 3 is 2.71 bits per heavy atom. The molecule has 1 aliphatic heterocycles. The molecule has 2 aromatic carbocycles. The number of thiocarbonyl (C=S) groups is 1. The van der Waals surface area contributed by atoms with Crippen LogP contribution in [0.3, 0.4) is 0 Å². The Balaban J connectivity index is 1.45. The third-order valence-corrected chi connectivity index (χ3v) is 6.38. The summed E-state index contributed by atoms with van der Waals surface area (Å²) in [5, 5.41) is 4.81. The molecule has 5 rings (SSSR count). The van der Waals surface area contributed by atoms with Crippen LogP contribution in [0.2, 0.25) is 0 Å². The number of nitrogens with one attached hydrogen (secondary N) is 2. The van der Waals surface area contributed by atoms with Crippen LogP contribution in [-0.4, -0.2) is 21.8 Å². The number of furan rings is 1. The number of benzene rings is 2. The number of hydrogen-bond donors (Lipinski definition) is 2. The Kier molecular flexibility index (Phi) is 5.98. The van der Waals surface area contributed by atoms with E-state index in [0.717, 1.165) is 39.1 Å². The number of nitrogens with zero attached hydrogens (tertiary/aromatic N) is 1. The molecule has 174 valence electrons. The minimum atomic E-state index is -0.120. The SMILES string of the molecule is Cc1ccc(C)c2[nH]c(=O)c(CN(Cc3ccc4c(c3)OCO4)C(=S)NCc3ccco3)cc12. The molecule has 1 aliphatic rings. The lowest BCUT2D eigenvalue weighted by Gasteiger charge is -2.26. The Bertz CT molecular complexity index is 1410. The summed E-state index contributed by atoms with van der Waals surface area (Å²) in [5.41, 5.74) is 4.54. The summed E-state index contributed by atoms with van der Waals surface area (Å²) in [6, 6.07) is 15.6. The van der Waals surface area contributed by atoms with E-state index in [1.54, 1.807) is 6.26 Å². The molecule has 0 saturated carbocycles. The van der Waals surface area contributed by atoms with Gasteiger partial charge in [-0.2, -0.15) is 0 Å². The molecule has 0 fully saturated rings. The van der Waals surface area contributed by atoms with E-state index in [9.17, 15) is 4.79 Å². The minimum absolute atomic E-state index is 0.120. The van der Waals surface area contributed by atoms with Crippen molar-refractivity contribution < 1.29 is 13.9 Å². The molecule has 2 aromatic heterocycles. The first-order valence-electron chi connectivity index (χ1n) is 11.0. The van der Waals surface area contributed by atoms with E-state index in [0.29, 0.717) is 36.1 Å². The van der Waals surface area contributed by atoms with Crippen LogP contribution < -0.4 is 20.3 Å². The number of hydrogen-bond acceptors (Lipinski definition) is 5. The molecule has 0 unspecified atom stereocenters. The summed E-state index contributed by atoms with van der Waals surface area (Å²) in [6.07, 6.45) is 1.63. The third kappa shape index (κ3) is 4.49. The number of aromatic nitrogens is 1. The van der Waals surface area contributed by atoms with Crippen LogP contribution in [0.4, 0.5) is 0 Å². The number of rotatable bonds is 6. The van der Waals surface area contributed by atoms with E-state index in [4.69, 9.17) is 26.1 Å². The van der Waals surface area contributed by atoms with Crippen molar-refractivity contribution in [2.45, 2.75) is 33.5 Å². The van der Waals surface area contributed by atoms with Crippen LogP contribution in [0.1, 0.15) is 28.0 Å². The van der Waals surface area contributed by atoms with Crippen LogP contribution in [0.25, 0.3) is 10.9 Å². The van der Waals surface area contributed by atoms with Gasteiger partial charge in [-0.05, 0) is 73.1 Å². The maximum Gasteiger partial charge on any atom is 0.253 e. The van der Waals surface area contributed by atoms with Gasteiger partial charge < -0.3 is 29.1 Å². The molecule has 3 heterocycles. The first-order chi connectivity index (χ1) is 16.5. The van der Waals surface area contributed by atoms with E-state index >= 15 is 0 Å². The van der Waals surface area contributed by atoms with Crippen molar-refractivity contribution in [3.8, 4) is 11.5 Å². The minimum Gasteiger partial charge on any atom is -0.467 e. The van der Waals surface area contributed by atoms with Gasteiger partial charge in [-0.25, -0.2) is 0 Å². The van der Waals surface area contributed by atoms with Gasteiger partial charge in [0, 0.05) is 17.5 Å². The first-order valence-corrected chi connectivity index (χ1v) is 11.4. The lowest BCUT2D eigenvalue weighted by Crippen LogP contribution is -2.39. The molecule has 0 spiro atoms. The van der Waals surface area contributed by atoms with E-state index in [1.165, 1.54) is 0 Å². The molecule has 0 bridgehead atoms. The van der Waals surface area contributed by atoms with Crippen LogP contribution in [0, 0.1) is 13.8 Å². The zero-order valence-corrected chi connectivity index (χ0v) is 19.8. The normalized spacial score (nSPS) is 12.2. The van der Waals surface area contributed by atoms with Crippen LogP contribution in [0.15, 0.2) is 64.0 Å². The second kappa shape index (κ2) is 9.23. The van der Waals surface area contributed by atoms with Gasteiger partial charge in [0.1, 0.15) is 5.76 Å². The second-order valence-electron chi connectivity index (χ2n) is 8.39. The third-order valence-electron chi connectivity index (χ3n) is 5.97. The highest BCUT2D eigenvalue weighted by Crippen LogP contribution is 2.33. The Morgan fingerprint density at radius 1 is 1.06 bits per heavy atom. The lowest BCUT2D eigenvalue weighted by molar-refractivity contribution is 0.174.